The van der Waals surface area contributed by atoms with Crippen molar-refractivity contribution in [1.82, 2.24) is 15.1 Å². The number of carbonyl (C=O) groups is 2. The highest BCUT2D eigenvalue weighted by Gasteiger charge is 2.33. The number of nitrogens with one attached hydrogen (secondary N) is 1. The molecule has 0 unspecified atom stereocenters. The Balaban J connectivity index is 1.96. The Morgan fingerprint density at radius 3 is 2.39 bits per heavy atom. The quantitative estimate of drug-likeness (QED) is 0.707. The van der Waals surface area contributed by atoms with Gasteiger partial charge in [0.1, 0.15) is 11.9 Å². The van der Waals surface area contributed by atoms with Crippen LogP contribution in [-0.4, -0.2) is 32.8 Å². The molecule has 1 amide bonds. The zero-order chi connectivity index (χ0) is 20.5. The van der Waals surface area contributed by atoms with Crippen molar-refractivity contribution < 1.29 is 19.1 Å². The van der Waals surface area contributed by atoms with Crippen LogP contribution in [0.1, 0.15) is 36.8 Å². The smallest absolute Gasteiger partial charge is 0.326 e. The molecule has 1 heterocycles. The van der Waals surface area contributed by atoms with E-state index in [2.05, 4.69) is 10.4 Å². The number of fused-ring (bicyclic) bond motifs is 1. The number of carboxylic acid groups (broad SMARTS) is 1. The molecule has 2 aromatic carbocycles. The number of aromatic nitrogens is 2. The van der Waals surface area contributed by atoms with Gasteiger partial charge in [0.25, 0.3) is 5.91 Å². The highest BCUT2D eigenvalue weighted by atomic mass is 19.1. The van der Waals surface area contributed by atoms with Crippen molar-refractivity contribution in [2.45, 2.75) is 33.4 Å². The lowest BCUT2D eigenvalue weighted by Gasteiger charge is -2.27. The highest BCUT2D eigenvalue weighted by Crippen LogP contribution is 2.23. The Hall–Kier alpha value is -3.22. The summed E-state index contributed by atoms with van der Waals surface area (Å²) in [5.74, 6) is -1.97. The third-order valence-electron chi connectivity index (χ3n) is 4.51. The van der Waals surface area contributed by atoms with E-state index >= 15 is 0 Å². The molecule has 146 valence electrons. The molecular formula is C21H22FN3O3. The summed E-state index contributed by atoms with van der Waals surface area (Å²) >= 11 is 0. The third kappa shape index (κ3) is 4.03. The van der Waals surface area contributed by atoms with Crippen molar-refractivity contribution in [3.63, 3.8) is 0 Å². The van der Waals surface area contributed by atoms with Crippen LogP contribution in [0.5, 0.6) is 0 Å². The van der Waals surface area contributed by atoms with Crippen LogP contribution >= 0.6 is 0 Å². The van der Waals surface area contributed by atoms with Crippen LogP contribution in [0.3, 0.4) is 0 Å². The van der Waals surface area contributed by atoms with Gasteiger partial charge in [-0.25, -0.2) is 9.18 Å². The fourth-order valence-electron chi connectivity index (χ4n) is 3.03. The number of nitrogens with zero attached hydrogens (tertiary/aromatic N) is 2. The van der Waals surface area contributed by atoms with Crippen LogP contribution in [0.4, 0.5) is 4.39 Å². The Labute approximate surface area is 162 Å². The Kier molecular flexibility index (Phi) is 5.18. The lowest BCUT2D eigenvalue weighted by atomic mass is 9.86. The SMILES string of the molecule is CC(C)(C)[C@H](NC(=O)c1nn(Cc2ccc(F)cc2)c2ccccc12)C(=O)O. The molecule has 0 aliphatic rings. The summed E-state index contributed by atoms with van der Waals surface area (Å²) in [6.07, 6.45) is 0. The number of carboxylic acids is 1. The maximum atomic E-state index is 13.1. The zero-order valence-corrected chi connectivity index (χ0v) is 15.9. The van der Waals surface area contributed by atoms with E-state index in [1.54, 1.807) is 49.7 Å². The maximum Gasteiger partial charge on any atom is 0.326 e. The molecule has 0 bridgehead atoms. The van der Waals surface area contributed by atoms with Crippen molar-refractivity contribution in [3.8, 4) is 0 Å². The molecule has 0 radical (unpaired) electrons. The number of amides is 1. The second-order valence-corrected chi connectivity index (χ2v) is 7.76. The largest absolute Gasteiger partial charge is 0.480 e. The van der Waals surface area contributed by atoms with Gasteiger partial charge in [0.05, 0.1) is 12.1 Å². The Morgan fingerprint density at radius 2 is 1.79 bits per heavy atom. The lowest BCUT2D eigenvalue weighted by Crippen LogP contribution is -2.49. The minimum atomic E-state index is -1.10. The summed E-state index contributed by atoms with van der Waals surface area (Å²) in [6, 6.07) is 12.2. The van der Waals surface area contributed by atoms with Crippen molar-refractivity contribution in [2.24, 2.45) is 5.41 Å². The van der Waals surface area contributed by atoms with Gasteiger partial charge in [-0.15, -0.1) is 0 Å². The molecule has 0 aliphatic heterocycles. The minimum Gasteiger partial charge on any atom is -0.480 e. The molecule has 2 N–H and O–H groups in total. The predicted octanol–water partition coefficient (Wildman–Crippen LogP) is 3.45. The van der Waals surface area contributed by atoms with E-state index in [1.807, 2.05) is 12.1 Å². The van der Waals surface area contributed by atoms with Gasteiger partial charge < -0.3 is 10.4 Å². The van der Waals surface area contributed by atoms with E-state index in [0.717, 1.165) is 11.1 Å². The summed E-state index contributed by atoms with van der Waals surface area (Å²) < 4.78 is 14.8. The summed E-state index contributed by atoms with van der Waals surface area (Å²) in [7, 11) is 0. The van der Waals surface area contributed by atoms with Crippen molar-refractivity contribution in [3.05, 3.63) is 65.6 Å². The summed E-state index contributed by atoms with van der Waals surface area (Å²) in [4.78, 5) is 24.4. The van der Waals surface area contributed by atoms with Crippen LogP contribution in [0, 0.1) is 11.2 Å². The molecule has 3 aromatic rings. The van der Waals surface area contributed by atoms with E-state index in [-0.39, 0.29) is 11.5 Å². The molecule has 0 saturated carbocycles. The van der Waals surface area contributed by atoms with Gasteiger partial charge in [0.2, 0.25) is 0 Å². The maximum absolute atomic E-state index is 13.1. The van der Waals surface area contributed by atoms with Gasteiger partial charge in [-0.2, -0.15) is 5.10 Å². The molecule has 6 nitrogen and oxygen atoms in total. The molecule has 1 atom stereocenters. The first-order chi connectivity index (χ1) is 13.2. The van der Waals surface area contributed by atoms with Crippen molar-refractivity contribution in [1.29, 1.82) is 0 Å². The average Bonchev–Trinajstić information content (AvgIpc) is 2.99. The van der Waals surface area contributed by atoms with Crippen LogP contribution in [0.25, 0.3) is 10.9 Å². The second-order valence-electron chi connectivity index (χ2n) is 7.76. The number of hydrogen-bond acceptors (Lipinski definition) is 3. The summed E-state index contributed by atoms with van der Waals surface area (Å²) in [5.41, 5.74) is 1.07. The number of halogens is 1. The van der Waals surface area contributed by atoms with Gasteiger partial charge in [0.15, 0.2) is 5.69 Å². The number of aliphatic carboxylic acids is 1. The molecule has 0 saturated heterocycles. The second kappa shape index (κ2) is 7.42. The topological polar surface area (TPSA) is 84.2 Å². The van der Waals surface area contributed by atoms with Gasteiger partial charge in [-0.1, -0.05) is 51.1 Å². The standard InChI is InChI=1S/C21H22FN3O3/c1-21(2,3)18(20(27)28)23-19(26)17-15-6-4-5-7-16(15)25(24-17)12-13-8-10-14(22)11-9-13/h4-11,18H,12H2,1-3H3,(H,23,26)(H,27,28)/t18-/m1/s1. The van der Waals surface area contributed by atoms with E-state index in [1.165, 1.54) is 12.1 Å². The minimum absolute atomic E-state index is 0.160. The van der Waals surface area contributed by atoms with E-state index < -0.39 is 23.3 Å². The molecule has 7 heteroatoms. The average molecular weight is 383 g/mol. The monoisotopic (exact) mass is 383 g/mol. The molecule has 0 fully saturated rings. The first-order valence-electron chi connectivity index (χ1n) is 8.90. The number of benzene rings is 2. The first-order valence-corrected chi connectivity index (χ1v) is 8.90. The highest BCUT2D eigenvalue weighted by molar-refractivity contribution is 6.06. The lowest BCUT2D eigenvalue weighted by molar-refractivity contribution is -0.142. The molecule has 0 aliphatic carbocycles. The van der Waals surface area contributed by atoms with Crippen molar-refractivity contribution in [2.75, 3.05) is 0 Å². The normalized spacial score (nSPS) is 12.7. The van der Waals surface area contributed by atoms with Gasteiger partial charge >= 0.3 is 5.97 Å². The molecule has 3 rings (SSSR count). The van der Waals surface area contributed by atoms with Gasteiger partial charge in [0, 0.05) is 5.39 Å². The molecular weight excluding hydrogens is 361 g/mol. The number of carbonyl (C=O) groups excluding carboxylic acids is 1. The predicted molar refractivity (Wildman–Crippen MR) is 104 cm³/mol. The Morgan fingerprint density at radius 1 is 1.14 bits per heavy atom. The number of para-hydroxylation sites is 1. The van der Waals surface area contributed by atoms with Crippen LogP contribution in [0.2, 0.25) is 0 Å². The van der Waals surface area contributed by atoms with Crippen LogP contribution in [-0.2, 0) is 11.3 Å². The summed E-state index contributed by atoms with van der Waals surface area (Å²) in [6.45, 7) is 5.60. The van der Waals surface area contributed by atoms with E-state index in [9.17, 15) is 19.1 Å². The molecule has 28 heavy (non-hydrogen) atoms. The zero-order valence-electron chi connectivity index (χ0n) is 15.9. The number of hydrogen-bond donors (Lipinski definition) is 2. The third-order valence-corrected chi connectivity index (χ3v) is 4.51. The van der Waals surface area contributed by atoms with E-state index in [4.69, 9.17) is 0 Å². The van der Waals surface area contributed by atoms with Crippen LogP contribution < -0.4 is 5.32 Å². The fraction of sp³-hybridized carbons (Fsp3) is 0.286. The Bertz CT molecular complexity index is 1020. The van der Waals surface area contributed by atoms with E-state index in [0.29, 0.717) is 11.9 Å². The van der Waals surface area contributed by atoms with Gasteiger partial charge in [-0.05, 0) is 29.2 Å². The molecule has 1 aromatic heterocycles. The fourth-order valence-corrected chi connectivity index (χ4v) is 3.03. The van der Waals surface area contributed by atoms with Crippen molar-refractivity contribution >= 4 is 22.8 Å². The molecule has 0 spiro atoms. The van der Waals surface area contributed by atoms with Gasteiger partial charge in [-0.3, -0.25) is 9.48 Å². The number of rotatable bonds is 5. The summed E-state index contributed by atoms with van der Waals surface area (Å²) in [5, 5.41) is 17.1. The van der Waals surface area contributed by atoms with Crippen LogP contribution in [0.15, 0.2) is 48.5 Å². The first kappa shape index (κ1) is 19.5.